The van der Waals surface area contributed by atoms with Crippen LogP contribution >= 0.6 is 0 Å². The molecule has 0 saturated heterocycles. The first-order chi connectivity index (χ1) is 10.1. The largest absolute Gasteiger partial charge is 0.396 e. The van der Waals surface area contributed by atoms with Crippen molar-refractivity contribution in [3.8, 4) is 11.1 Å². The van der Waals surface area contributed by atoms with Crippen LogP contribution in [0.2, 0.25) is 0 Å². The minimum atomic E-state index is -4.26. The van der Waals surface area contributed by atoms with E-state index in [1.54, 1.807) is 0 Å². The van der Waals surface area contributed by atoms with Crippen molar-refractivity contribution in [1.82, 2.24) is 0 Å². The van der Waals surface area contributed by atoms with Gasteiger partial charge in [0.15, 0.2) is 11.6 Å². The number of amides is 1. The molecule has 2 aromatic rings. The Morgan fingerprint density at radius 1 is 1.09 bits per heavy atom. The highest BCUT2D eigenvalue weighted by Gasteiger charge is 2.24. The fourth-order valence-corrected chi connectivity index (χ4v) is 2.81. The predicted octanol–water partition coefficient (Wildman–Crippen LogP) is 0.960. The molecule has 22 heavy (non-hydrogen) atoms. The van der Waals surface area contributed by atoms with Gasteiger partial charge in [0.05, 0.1) is 10.6 Å². The van der Waals surface area contributed by atoms with Gasteiger partial charge in [0.1, 0.15) is 0 Å². The lowest BCUT2D eigenvalue weighted by atomic mass is 9.97. The van der Waals surface area contributed by atoms with E-state index in [1.807, 2.05) is 0 Å². The number of rotatable bonds is 3. The van der Waals surface area contributed by atoms with Crippen LogP contribution in [-0.4, -0.2) is 14.3 Å². The van der Waals surface area contributed by atoms with Crippen LogP contribution in [0.25, 0.3) is 11.1 Å². The van der Waals surface area contributed by atoms with Crippen molar-refractivity contribution in [2.24, 2.45) is 10.9 Å². The van der Waals surface area contributed by atoms with Crippen molar-refractivity contribution >= 4 is 21.6 Å². The number of sulfonamides is 1. The molecule has 0 unspecified atom stereocenters. The molecule has 0 spiro atoms. The van der Waals surface area contributed by atoms with Gasteiger partial charge in [0, 0.05) is 16.7 Å². The standard InChI is InChI=1S/C13H11F2N3O3S/c14-8-5-4-6(12(16)11(8)15)10-7(13(17)19)2-1-3-9(10)22(18,20)21/h1-5H,16H2,(H2,17,19)(H2,18,20,21). The van der Waals surface area contributed by atoms with Gasteiger partial charge >= 0.3 is 0 Å². The molecule has 0 heterocycles. The van der Waals surface area contributed by atoms with Crippen molar-refractivity contribution in [3.05, 3.63) is 47.5 Å². The summed E-state index contributed by atoms with van der Waals surface area (Å²) in [5, 5.41) is 5.09. The minimum absolute atomic E-state index is 0.197. The highest BCUT2D eigenvalue weighted by atomic mass is 32.2. The molecule has 2 aromatic carbocycles. The van der Waals surface area contributed by atoms with E-state index in [2.05, 4.69) is 0 Å². The zero-order chi connectivity index (χ0) is 16.7. The topological polar surface area (TPSA) is 129 Å². The number of halogens is 2. The summed E-state index contributed by atoms with van der Waals surface area (Å²) in [6.45, 7) is 0. The van der Waals surface area contributed by atoms with E-state index in [1.165, 1.54) is 12.1 Å². The second kappa shape index (κ2) is 5.35. The Balaban J connectivity index is 2.96. The first-order valence-electron chi connectivity index (χ1n) is 5.84. The second-order valence-corrected chi connectivity index (χ2v) is 5.94. The number of carbonyl (C=O) groups is 1. The summed E-state index contributed by atoms with van der Waals surface area (Å²) in [4.78, 5) is 11.0. The number of nitrogen functional groups attached to an aromatic ring is 1. The SMILES string of the molecule is NC(=O)c1cccc(S(N)(=O)=O)c1-c1ccc(F)c(F)c1N. The van der Waals surface area contributed by atoms with E-state index >= 15 is 0 Å². The summed E-state index contributed by atoms with van der Waals surface area (Å²) in [7, 11) is -4.26. The van der Waals surface area contributed by atoms with Crippen LogP contribution < -0.4 is 16.6 Å². The summed E-state index contributed by atoms with van der Waals surface area (Å²) in [6.07, 6.45) is 0. The third kappa shape index (κ3) is 2.63. The number of anilines is 1. The van der Waals surface area contributed by atoms with Gasteiger partial charge in [-0.05, 0) is 24.3 Å². The van der Waals surface area contributed by atoms with E-state index < -0.39 is 38.1 Å². The summed E-state index contributed by atoms with van der Waals surface area (Å²) in [5.74, 6) is -3.54. The van der Waals surface area contributed by atoms with Crippen LogP contribution in [0.1, 0.15) is 10.4 Å². The van der Waals surface area contributed by atoms with Crippen molar-refractivity contribution in [3.63, 3.8) is 0 Å². The van der Waals surface area contributed by atoms with Crippen molar-refractivity contribution in [2.75, 3.05) is 5.73 Å². The molecule has 0 aliphatic heterocycles. The Morgan fingerprint density at radius 2 is 1.73 bits per heavy atom. The van der Waals surface area contributed by atoms with Gasteiger partial charge in [-0.15, -0.1) is 0 Å². The first kappa shape index (κ1) is 15.9. The fourth-order valence-electron chi connectivity index (χ4n) is 2.04. The van der Waals surface area contributed by atoms with E-state index in [0.717, 1.165) is 18.2 Å². The number of primary sulfonamides is 1. The maximum Gasteiger partial charge on any atom is 0.249 e. The summed E-state index contributed by atoms with van der Waals surface area (Å²) in [6, 6.07) is 5.39. The Kier molecular flexibility index (Phi) is 3.86. The molecule has 0 fully saturated rings. The van der Waals surface area contributed by atoms with Gasteiger partial charge in [-0.3, -0.25) is 4.79 Å². The van der Waals surface area contributed by atoms with Crippen LogP contribution in [0.15, 0.2) is 35.2 Å². The minimum Gasteiger partial charge on any atom is -0.396 e. The Morgan fingerprint density at radius 3 is 2.27 bits per heavy atom. The number of carbonyl (C=O) groups excluding carboxylic acids is 1. The van der Waals surface area contributed by atoms with Gasteiger partial charge in [0.25, 0.3) is 0 Å². The van der Waals surface area contributed by atoms with Crippen LogP contribution in [0, 0.1) is 11.6 Å². The van der Waals surface area contributed by atoms with Crippen molar-refractivity contribution in [2.45, 2.75) is 4.90 Å². The zero-order valence-electron chi connectivity index (χ0n) is 11.0. The van der Waals surface area contributed by atoms with Gasteiger partial charge in [-0.25, -0.2) is 22.3 Å². The van der Waals surface area contributed by atoms with E-state index in [4.69, 9.17) is 16.6 Å². The van der Waals surface area contributed by atoms with Crippen LogP contribution in [0.5, 0.6) is 0 Å². The van der Waals surface area contributed by atoms with Gasteiger partial charge in [-0.1, -0.05) is 6.07 Å². The lowest BCUT2D eigenvalue weighted by Crippen LogP contribution is -2.18. The summed E-state index contributed by atoms with van der Waals surface area (Å²) < 4.78 is 50.2. The van der Waals surface area contributed by atoms with Crippen molar-refractivity contribution in [1.29, 1.82) is 0 Å². The zero-order valence-corrected chi connectivity index (χ0v) is 11.8. The van der Waals surface area contributed by atoms with Gasteiger partial charge < -0.3 is 11.5 Å². The third-order valence-electron chi connectivity index (χ3n) is 3.00. The number of primary amides is 1. The van der Waals surface area contributed by atoms with E-state index in [9.17, 15) is 22.0 Å². The fraction of sp³-hybridized carbons (Fsp3) is 0. The maximum atomic E-state index is 13.6. The van der Waals surface area contributed by atoms with Crippen LogP contribution in [-0.2, 0) is 10.0 Å². The summed E-state index contributed by atoms with van der Waals surface area (Å²) in [5.41, 5.74) is 9.34. The average molecular weight is 327 g/mol. The van der Waals surface area contributed by atoms with Gasteiger partial charge in [-0.2, -0.15) is 0 Å². The predicted molar refractivity (Wildman–Crippen MR) is 76.1 cm³/mol. The molecule has 6 N–H and O–H groups in total. The number of benzene rings is 2. The molecule has 0 aliphatic carbocycles. The lowest BCUT2D eigenvalue weighted by Gasteiger charge is -2.14. The van der Waals surface area contributed by atoms with Gasteiger partial charge in [0.2, 0.25) is 15.9 Å². The molecule has 0 saturated carbocycles. The normalized spacial score (nSPS) is 11.4. The lowest BCUT2D eigenvalue weighted by molar-refractivity contribution is 0.100. The maximum absolute atomic E-state index is 13.6. The molecule has 6 nitrogen and oxygen atoms in total. The molecular weight excluding hydrogens is 316 g/mol. The average Bonchev–Trinajstić information content (AvgIpc) is 2.43. The van der Waals surface area contributed by atoms with Crippen LogP contribution in [0.4, 0.5) is 14.5 Å². The Labute approximate surface area is 124 Å². The second-order valence-electron chi connectivity index (χ2n) is 4.41. The molecule has 0 atom stereocenters. The number of hydrogen-bond acceptors (Lipinski definition) is 4. The molecule has 0 aromatic heterocycles. The Hall–Kier alpha value is -2.52. The van der Waals surface area contributed by atoms with Crippen LogP contribution in [0.3, 0.4) is 0 Å². The summed E-state index contributed by atoms with van der Waals surface area (Å²) >= 11 is 0. The van der Waals surface area contributed by atoms with E-state index in [0.29, 0.717) is 0 Å². The highest BCUT2D eigenvalue weighted by Crippen LogP contribution is 2.35. The number of nitrogens with two attached hydrogens (primary N) is 3. The molecule has 0 aliphatic rings. The Bertz CT molecular complexity index is 882. The highest BCUT2D eigenvalue weighted by molar-refractivity contribution is 7.89. The molecule has 9 heteroatoms. The first-order valence-corrected chi connectivity index (χ1v) is 7.38. The molecule has 2 rings (SSSR count). The molecular formula is C13H11F2N3O3S. The smallest absolute Gasteiger partial charge is 0.249 e. The molecule has 116 valence electrons. The molecule has 0 bridgehead atoms. The third-order valence-corrected chi connectivity index (χ3v) is 3.95. The monoisotopic (exact) mass is 327 g/mol. The van der Waals surface area contributed by atoms with Crippen molar-refractivity contribution < 1.29 is 22.0 Å². The molecule has 1 amide bonds. The van der Waals surface area contributed by atoms with E-state index in [-0.39, 0.29) is 16.7 Å². The quantitative estimate of drug-likeness (QED) is 0.725. The number of hydrogen-bond donors (Lipinski definition) is 3. The molecule has 0 radical (unpaired) electrons.